The maximum absolute atomic E-state index is 10.4. The summed E-state index contributed by atoms with van der Waals surface area (Å²) in [4.78, 5) is 4.25. The second kappa shape index (κ2) is 5.99. The van der Waals surface area contributed by atoms with Gasteiger partial charge in [0.2, 0.25) is 0 Å². The minimum atomic E-state index is -0.698. The van der Waals surface area contributed by atoms with Crippen LogP contribution in [-0.4, -0.2) is 14.7 Å². The van der Waals surface area contributed by atoms with Gasteiger partial charge in [-0.1, -0.05) is 13.0 Å². The molecule has 2 rings (SSSR count). The molecule has 0 radical (unpaired) electrons. The van der Waals surface area contributed by atoms with Gasteiger partial charge < -0.3 is 9.67 Å². The predicted molar refractivity (Wildman–Crippen MR) is 78.4 cm³/mol. The van der Waals surface area contributed by atoms with E-state index in [9.17, 15) is 5.11 Å². The third kappa shape index (κ3) is 2.84. The number of imidazole rings is 1. The molecular formula is C13H14Br2N2O. The number of benzene rings is 1. The van der Waals surface area contributed by atoms with Gasteiger partial charge in [-0.2, -0.15) is 0 Å². The van der Waals surface area contributed by atoms with Crippen LogP contribution < -0.4 is 0 Å². The quantitative estimate of drug-likeness (QED) is 0.882. The van der Waals surface area contributed by atoms with E-state index in [4.69, 9.17) is 0 Å². The Labute approximate surface area is 123 Å². The lowest BCUT2D eigenvalue weighted by Crippen LogP contribution is -2.09. The van der Waals surface area contributed by atoms with Gasteiger partial charge in [-0.3, -0.25) is 0 Å². The summed E-state index contributed by atoms with van der Waals surface area (Å²) >= 11 is 6.86. The molecule has 1 aromatic heterocycles. The average molecular weight is 374 g/mol. The van der Waals surface area contributed by atoms with E-state index in [1.54, 1.807) is 6.20 Å². The van der Waals surface area contributed by atoms with Gasteiger partial charge in [-0.15, -0.1) is 0 Å². The fraction of sp³-hybridized carbons (Fsp3) is 0.308. The minimum absolute atomic E-state index is 0.686. The van der Waals surface area contributed by atoms with Gasteiger partial charge in [0.15, 0.2) is 0 Å². The molecular weight excluding hydrogens is 360 g/mol. The van der Waals surface area contributed by atoms with Gasteiger partial charge in [0.1, 0.15) is 11.9 Å². The molecule has 3 nitrogen and oxygen atoms in total. The van der Waals surface area contributed by atoms with Gasteiger partial charge >= 0.3 is 0 Å². The van der Waals surface area contributed by atoms with Gasteiger partial charge in [-0.05, 0) is 56.0 Å². The van der Waals surface area contributed by atoms with E-state index in [2.05, 4.69) is 43.8 Å². The molecule has 1 heterocycles. The molecule has 1 unspecified atom stereocenters. The molecule has 0 spiro atoms. The predicted octanol–water partition coefficient (Wildman–Crippen LogP) is 3.90. The van der Waals surface area contributed by atoms with Crippen LogP contribution in [-0.2, 0) is 6.54 Å². The van der Waals surface area contributed by atoms with Crippen molar-refractivity contribution in [3.8, 4) is 0 Å². The Bertz CT molecular complexity index is 540. The molecule has 5 heteroatoms. The first-order valence-corrected chi connectivity index (χ1v) is 7.36. The van der Waals surface area contributed by atoms with E-state index in [-0.39, 0.29) is 0 Å². The molecule has 0 aliphatic rings. The number of aromatic nitrogens is 2. The lowest BCUT2D eigenvalue weighted by Gasteiger charge is -2.13. The maximum atomic E-state index is 10.4. The van der Waals surface area contributed by atoms with E-state index in [0.29, 0.717) is 5.82 Å². The molecule has 0 amide bonds. The normalized spacial score (nSPS) is 12.7. The highest BCUT2D eigenvalue weighted by Gasteiger charge is 2.16. The first-order valence-electron chi connectivity index (χ1n) is 5.77. The van der Waals surface area contributed by atoms with Crippen LogP contribution in [0.5, 0.6) is 0 Å². The molecule has 0 aliphatic heterocycles. The van der Waals surface area contributed by atoms with Crippen LogP contribution in [0.2, 0.25) is 0 Å². The van der Waals surface area contributed by atoms with Crippen molar-refractivity contribution in [3.63, 3.8) is 0 Å². The van der Waals surface area contributed by atoms with Crippen molar-refractivity contribution >= 4 is 31.9 Å². The zero-order valence-corrected chi connectivity index (χ0v) is 13.1. The average Bonchev–Trinajstić information content (AvgIpc) is 2.80. The SMILES string of the molecule is CCCn1ccnc1C(O)c1ccc(Br)c(Br)c1. The fourth-order valence-electron chi connectivity index (χ4n) is 1.83. The first kappa shape index (κ1) is 13.8. The van der Waals surface area contributed by atoms with E-state index in [1.165, 1.54) is 0 Å². The van der Waals surface area contributed by atoms with Crippen LogP contribution in [0.4, 0.5) is 0 Å². The number of halogens is 2. The highest BCUT2D eigenvalue weighted by Crippen LogP contribution is 2.28. The Hall–Kier alpha value is -0.650. The zero-order chi connectivity index (χ0) is 13.1. The molecule has 0 saturated carbocycles. The molecule has 0 fully saturated rings. The summed E-state index contributed by atoms with van der Waals surface area (Å²) in [5.74, 6) is 0.686. The Kier molecular flexibility index (Phi) is 4.59. The number of hydrogen-bond acceptors (Lipinski definition) is 2. The lowest BCUT2D eigenvalue weighted by atomic mass is 10.1. The van der Waals surface area contributed by atoms with E-state index >= 15 is 0 Å². The van der Waals surface area contributed by atoms with Crippen LogP contribution in [0.15, 0.2) is 39.5 Å². The second-order valence-corrected chi connectivity index (χ2v) is 5.76. The smallest absolute Gasteiger partial charge is 0.142 e. The number of aliphatic hydroxyl groups excluding tert-OH is 1. The number of rotatable bonds is 4. The summed E-state index contributed by atoms with van der Waals surface area (Å²) in [6.07, 6.45) is 3.94. The molecule has 0 saturated heterocycles. The third-order valence-corrected chi connectivity index (χ3v) is 4.60. The van der Waals surface area contributed by atoms with Crippen molar-refractivity contribution in [2.45, 2.75) is 26.0 Å². The highest BCUT2D eigenvalue weighted by atomic mass is 79.9. The summed E-state index contributed by atoms with van der Waals surface area (Å²) in [5.41, 5.74) is 0.827. The number of aliphatic hydroxyl groups is 1. The molecule has 0 bridgehead atoms. The molecule has 0 aliphatic carbocycles. The molecule has 1 aromatic carbocycles. The third-order valence-electron chi connectivity index (χ3n) is 2.72. The number of nitrogens with zero attached hydrogens (tertiary/aromatic N) is 2. The summed E-state index contributed by atoms with van der Waals surface area (Å²) in [5, 5.41) is 10.4. The van der Waals surface area contributed by atoms with Crippen LogP contribution in [0.1, 0.15) is 30.8 Å². The van der Waals surface area contributed by atoms with Crippen molar-refractivity contribution in [2.75, 3.05) is 0 Å². The molecule has 18 heavy (non-hydrogen) atoms. The van der Waals surface area contributed by atoms with Crippen LogP contribution >= 0.6 is 31.9 Å². The largest absolute Gasteiger partial charge is 0.380 e. The molecule has 1 atom stereocenters. The van der Waals surface area contributed by atoms with Gasteiger partial charge in [0.05, 0.1) is 0 Å². The van der Waals surface area contributed by atoms with Crippen LogP contribution in [0.25, 0.3) is 0 Å². The molecule has 2 aromatic rings. The summed E-state index contributed by atoms with van der Waals surface area (Å²) in [7, 11) is 0. The minimum Gasteiger partial charge on any atom is -0.380 e. The van der Waals surface area contributed by atoms with Gasteiger partial charge in [0.25, 0.3) is 0 Å². The monoisotopic (exact) mass is 372 g/mol. The molecule has 1 N–H and O–H groups in total. The van der Waals surface area contributed by atoms with Crippen molar-refractivity contribution in [1.29, 1.82) is 0 Å². The highest BCUT2D eigenvalue weighted by molar-refractivity contribution is 9.13. The molecule has 96 valence electrons. The summed E-state index contributed by atoms with van der Waals surface area (Å²) in [6.45, 7) is 2.97. The van der Waals surface area contributed by atoms with Gasteiger partial charge in [0, 0.05) is 27.9 Å². The number of hydrogen-bond donors (Lipinski definition) is 1. The second-order valence-electron chi connectivity index (χ2n) is 4.05. The Morgan fingerprint density at radius 2 is 2.11 bits per heavy atom. The van der Waals surface area contributed by atoms with Crippen molar-refractivity contribution < 1.29 is 5.11 Å². The van der Waals surface area contributed by atoms with Crippen molar-refractivity contribution in [2.24, 2.45) is 0 Å². The van der Waals surface area contributed by atoms with Gasteiger partial charge in [-0.25, -0.2) is 4.98 Å². The van der Waals surface area contributed by atoms with E-state index in [0.717, 1.165) is 27.5 Å². The standard InChI is InChI=1S/C13H14Br2N2O/c1-2-6-17-7-5-16-13(17)12(18)9-3-4-10(14)11(15)8-9/h3-5,7-8,12,18H,2,6H2,1H3. The lowest BCUT2D eigenvalue weighted by molar-refractivity contribution is 0.204. The Morgan fingerprint density at radius 3 is 2.78 bits per heavy atom. The van der Waals surface area contributed by atoms with Crippen LogP contribution in [0.3, 0.4) is 0 Å². The summed E-state index contributed by atoms with van der Waals surface area (Å²) in [6, 6.07) is 5.71. The van der Waals surface area contributed by atoms with E-state index < -0.39 is 6.10 Å². The topological polar surface area (TPSA) is 38.0 Å². The van der Waals surface area contributed by atoms with Crippen molar-refractivity contribution in [3.05, 3.63) is 50.9 Å². The first-order chi connectivity index (χ1) is 8.63. The Balaban J connectivity index is 2.32. The van der Waals surface area contributed by atoms with Crippen molar-refractivity contribution in [1.82, 2.24) is 9.55 Å². The van der Waals surface area contributed by atoms with E-state index in [1.807, 2.05) is 29.0 Å². The van der Waals surface area contributed by atoms with Crippen LogP contribution in [0, 0.1) is 0 Å². The summed E-state index contributed by atoms with van der Waals surface area (Å²) < 4.78 is 3.88. The Morgan fingerprint density at radius 1 is 1.33 bits per heavy atom. The zero-order valence-electron chi connectivity index (χ0n) is 9.98. The fourth-order valence-corrected chi connectivity index (χ4v) is 2.47. The maximum Gasteiger partial charge on any atom is 0.142 e. The number of aryl methyl sites for hydroxylation is 1.